The Hall–Kier alpha value is -5.15. The van der Waals surface area contributed by atoms with Crippen molar-refractivity contribution >= 4 is 23.3 Å². The van der Waals surface area contributed by atoms with Crippen LogP contribution in [0.25, 0.3) is 16.8 Å². The van der Waals surface area contributed by atoms with Crippen molar-refractivity contribution in [3.8, 4) is 22.6 Å². The number of aryl methyl sites for hydroxylation is 3. The van der Waals surface area contributed by atoms with E-state index in [0.717, 1.165) is 11.1 Å². The summed E-state index contributed by atoms with van der Waals surface area (Å²) in [7, 11) is 0. The van der Waals surface area contributed by atoms with Crippen LogP contribution in [-0.2, 0) is 14.3 Å². The predicted octanol–water partition coefficient (Wildman–Crippen LogP) is 2.93. The van der Waals surface area contributed by atoms with Gasteiger partial charge in [0.05, 0.1) is 16.9 Å². The lowest BCUT2D eigenvalue weighted by Crippen LogP contribution is -2.60. The van der Waals surface area contributed by atoms with E-state index >= 15 is 0 Å². The van der Waals surface area contributed by atoms with Gasteiger partial charge in [0.25, 0.3) is 5.56 Å². The second kappa shape index (κ2) is 12.5. The van der Waals surface area contributed by atoms with E-state index in [1.165, 1.54) is 28.9 Å². The number of azo groups is 1. The topological polar surface area (TPSA) is 216 Å². The predicted molar refractivity (Wildman–Crippen MR) is 158 cm³/mol. The molecule has 3 aromatic carbocycles. The molecule has 5 rings (SSSR count). The summed E-state index contributed by atoms with van der Waals surface area (Å²) in [5.74, 6) is -2.95. The smallest absolute Gasteiger partial charge is 0.340 e. The van der Waals surface area contributed by atoms with Crippen LogP contribution in [-0.4, -0.2) is 78.0 Å². The number of phenolic OH excluding ortho intramolecular Hbond substituents is 1. The van der Waals surface area contributed by atoms with Crippen LogP contribution in [0.4, 0.5) is 11.4 Å². The Morgan fingerprint density at radius 1 is 0.911 bits per heavy atom. The number of phenols is 1. The van der Waals surface area contributed by atoms with Crippen molar-refractivity contribution in [2.75, 3.05) is 0 Å². The first-order valence-corrected chi connectivity index (χ1v) is 13.7. The SMILES string of the molecule is Cc1ccc(-n2[nH]c(C)c(N=Nc3cccc(-c4cccc(C(=O)O[C@@H]5O[C@H](C(=O)O)[C@@H](O)[C@H](O)[C@H]5O)c4)c3O)c2=O)cc1C. The van der Waals surface area contributed by atoms with Crippen LogP contribution < -0.4 is 5.56 Å². The standard InChI is InChI=1S/C31H30N4O10/c1-14-10-11-19(12-15(14)2)35-28(40)22(16(3)34-35)33-32-21-9-5-8-20(23(21)36)17-6-4-7-18(13-17)30(43)45-31-26(39)24(37)25(38)27(44-31)29(41)42/h4-13,24-27,31,34,36-39H,1-3H3,(H,41,42)/t24-,25-,26+,27-,31-/m0/s1. The van der Waals surface area contributed by atoms with Crippen molar-refractivity contribution in [2.45, 2.75) is 51.5 Å². The maximum Gasteiger partial charge on any atom is 0.340 e. The molecule has 234 valence electrons. The Balaban J connectivity index is 1.38. The molecule has 1 aliphatic heterocycles. The van der Waals surface area contributed by atoms with Crippen LogP contribution >= 0.6 is 0 Å². The number of aromatic amines is 1. The molecule has 45 heavy (non-hydrogen) atoms. The van der Waals surface area contributed by atoms with Gasteiger partial charge in [-0.2, -0.15) is 0 Å². The highest BCUT2D eigenvalue weighted by Crippen LogP contribution is 2.38. The first-order chi connectivity index (χ1) is 21.4. The second-order valence-electron chi connectivity index (χ2n) is 10.6. The van der Waals surface area contributed by atoms with Crippen LogP contribution in [0.2, 0.25) is 0 Å². The number of H-pyrrole nitrogens is 1. The van der Waals surface area contributed by atoms with Crippen LogP contribution in [0.1, 0.15) is 27.2 Å². The van der Waals surface area contributed by atoms with E-state index in [2.05, 4.69) is 15.3 Å². The fourth-order valence-corrected chi connectivity index (χ4v) is 4.79. The normalized spacial score (nSPS) is 21.6. The third-order valence-corrected chi connectivity index (χ3v) is 7.51. The molecule has 0 bridgehead atoms. The van der Waals surface area contributed by atoms with Gasteiger partial charge >= 0.3 is 11.9 Å². The van der Waals surface area contributed by atoms with Gasteiger partial charge in [-0.3, -0.25) is 9.89 Å². The van der Waals surface area contributed by atoms with Gasteiger partial charge in [0.1, 0.15) is 24.0 Å². The van der Waals surface area contributed by atoms with Gasteiger partial charge in [0, 0.05) is 5.56 Å². The second-order valence-corrected chi connectivity index (χ2v) is 10.6. The summed E-state index contributed by atoms with van der Waals surface area (Å²) in [5.41, 5.74) is 3.43. The third kappa shape index (κ3) is 6.12. The number of ether oxygens (including phenoxy) is 2. The number of carboxylic acid groups (broad SMARTS) is 1. The van der Waals surface area contributed by atoms with E-state index in [1.807, 2.05) is 32.0 Å². The summed E-state index contributed by atoms with van der Waals surface area (Å²) in [6, 6.07) is 16.1. The quantitative estimate of drug-likeness (QED) is 0.131. The molecular formula is C31H30N4O10. The number of rotatable bonds is 7. The van der Waals surface area contributed by atoms with E-state index in [9.17, 15) is 39.9 Å². The number of aliphatic carboxylic acids is 1. The third-order valence-electron chi connectivity index (χ3n) is 7.51. The molecule has 1 aliphatic rings. The molecule has 0 saturated carbocycles. The van der Waals surface area contributed by atoms with Gasteiger partial charge in [-0.1, -0.05) is 30.3 Å². The monoisotopic (exact) mass is 618 g/mol. The van der Waals surface area contributed by atoms with Crippen molar-refractivity contribution in [2.24, 2.45) is 10.2 Å². The zero-order valence-corrected chi connectivity index (χ0v) is 24.3. The minimum atomic E-state index is -1.94. The lowest BCUT2D eigenvalue weighted by Gasteiger charge is -2.37. The largest absolute Gasteiger partial charge is 0.505 e. The Kier molecular flexibility index (Phi) is 8.66. The number of nitrogens with zero attached hydrogens (tertiary/aromatic N) is 3. The molecule has 0 aliphatic carbocycles. The maximum absolute atomic E-state index is 13.1. The van der Waals surface area contributed by atoms with Crippen molar-refractivity contribution < 1.29 is 44.6 Å². The van der Waals surface area contributed by atoms with Gasteiger partial charge in [0.15, 0.2) is 17.5 Å². The zero-order valence-electron chi connectivity index (χ0n) is 24.3. The summed E-state index contributed by atoms with van der Waals surface area (Å²) >= 11 is 0. The number of aliphatic hydroxyl groups excluding tert-OH is 3. The number of carboxylic acids is 1. The van der Waals surface area contributed by atoms with E-state index in [4.69, 9.17) is 9.47 Å². The molecule has 1 saturated heterocycles. The molecule has 6 N–H and O–H groups in total. The Bertz CT molecular complexity index is 1860. The molecule has 4 aromatic rings. The van der Waals surface area contributed by atoms with Crippen molar-refractivity contribution in [3.05, 3.63) is 93.4 Å². The van der Waals surface area contributed by atoms with Crippen LogP contribution in [0.5, 0.6) is 5.75 Å². The average Bonchev–Trinajstić information content (AvgIpc) is 3.30. The van der Waals surface area contributed by atoms with E-state index in [-0.39, 0.29) is 28.3 Å². The maximum atomic E-state index is 13.1. The molecule has 2 heterocycles. The van der Waals surface area contributed by atoms with E-state index in [0.29, 0.717) is 16.9 Å². The van der Waals surface area contributed by atoms with E-state index in [1.54, 1.807) is 25.1 Å². The first-order valence-electron chi connectivity index (χ1n) is 13.7. The fourth-order valence-electron chi connectivity index (χ4n) is 4.79. The van der Waals surface area contributed by atoms with E-state index < -0.39 is 48.2 Å². The minimum Gasteiger partial charge on any atom is -0.505 e. The molecule has 0 amide bonds. The number of benzene rings is 3. The first kappa shape index (κ1) is 31.3. The molecule has 1 aromatic heterocycles. The lowest BCUT2D eigenvalue weighted by atomic mass is 9.99. The highest BCUT2D eigenvalue weighted by molar-refractivity contribution is 5.92. The number of aliphatic hydroxyl groups is 3. The molecule has 0 radical (unpaired) electrons. The molecule has 5 atom stereocenters. The Morgan fingerprint density at radius 3 is 2.36 bits per heavy atom. The van der Waals surface area contributed by atoms with Crippen molar-refractivity contribution in [3.63, 3.8) is 0 Å². The minimum absolute atomic E-state index is 0.0456. The highest BCUT2D eigenvalue weighted by Gasteiger charge is 2.48. The Labute approximate surface area is 255 Å². The lowest BCUT2D eigenvalue weighted by molar-refractivity contribution is -0.278. The molecular weight excluding hydrogens is 588 g/mol. The van der Waals surface area contributed by atoms with Crippen molar-refractivity contribution in [1.29, 1.82) is 0 Å². The number of aromatic hydroxyl groups is 1. The number of para-hydroxylation sites is 1. The molecule has 14 nitrogen and oxygen atoms in total. The van der Waals surface area contributed by atoms with Gasteiger partial charge < -0.3 is 35.0 Å². The Morgan fingerprint density at radius 2 is 1.64 bits per heavy atom. The summed E-state index contributed by atoms with van der Waals surface area (Å²) in [4.78, 5) is 37.4. The van der Waals surface area contributed by atoms with Crippen LogP contribution in [0.15, 0.2) is 75.7 Å². The number of esters is 1. The summed E-state index contributed by atoms with van der Waals surface area (Å²) in [6.07, 6.45) is -9.62. The molecule has 1 fully saturated rings. The van der Waals surface area contributed by atoms with Gasteiger partial charge in [0.2, 0.25) is 6.29 Å². The number of aromatic nitrogens is 2. The zero-order chi connectivity index (χ0) is 32.6. The summed E-state index contributed by atoms with van der Waals surface area (Å²) in [5, 5.41) is 61.5. The number of hydrogen-bond acceptors (Lipinski definition) is 11. The fraction of sp³-hybridized carbons (Fsp3) is 0.258. The van der Waals surface area contributed by atoms with Gasteiger partial charge in [-0.05, 0) is 67.8 Å². The highest BCUT2D eigenvalue weighted by atomic mass is 16.7. The number of nitrogens with one attached hydrogen (secondary N) is 1. The molecule has 0 spiro atoms. The summed E-state index contributed by atoms with van der Waals surface area (Å²) in [6.45, 7) is 5.59. The van der Waals surface area contributed by atoms with Gasteiger partial charge in [-0.15, -0.1) is 10.2 Å². The number of hydrogen-bond donors (Lipinski definition) is 6. The van der Waals surface area contributed by atoms with Crippen LogP contribution in [0, 0.1) is 20.8 Å². The van der Waals surface area contributed by atoms with Crippen molar-refractivity contribution in [1.82, 2.24) is 9.78 Å². The number of carbonyl (C=O) groups is 2. The molecule has 0 unspecified atom stereocenters. The summed E-state index contributed by atoms with van der Waals surface area (Å²) < 4.78 is 11.5. The average molecular weight is 619 g/mol. The van der Waals surface area contributed by atoms with Gasteiger partial charge in [-0.25, -0.2) is 14.3 Å². The number of carbonyl (C=O) groups excluding carboxylic acids is 1. The molecule has 14 heteroatoms. The van der Waals surface area contributed by atoms with Crippen LogP contribution in [0.3, 0.4) is 0 Å².